The second kappa shape index (κ2) is 43.5. The number of hydrogen-bond donors (Lipinski definition) is 2. The first kappa shape index (κ1) is 71.9. The molecule has 2 N–H and O–H groups in total. The fourth-order valence-electron chi connectivity index (χ4n) is 10.1. The van der Waals surface area contributed by atoms with Crippen LogP contribution in [0.25, 0.3) is 11.3 Å². The van der Waals surface area contributed by atoms with Gasteiger partial charge in [0.25, 0.3) is 17.7 Å². The Bertz CT molecular complexity index is 2650. The molecule has 1 aliphatic carbocycles. The van der Waals surface area contributed by atoms with Gasteiger partial charge >= 0.3 is 6.09 Å². The van der Waals surface area contributed by atoms with Crippen LogP contribution in [-0.2, 0) is 63.6 Å². The molecule has 1 atom stereocenters. The van der Waals surface area contributed by atoms with Gasteiger partial charge in [0.2, 0.25) is 0 Å². The third kappa shape index (κ3) is 27.0. The molecule has 4 aromatic rings. The lowest BCUT2D eigenvalue weighted by molar-refractivity contribution is -0.340. The number of likely N-dealkylation sites (N-methyl/N-ethyl adjacent to an activating group) is 1. The molecule has 0 saturated carbocycles. The van der Waals surface area contributed by atoms with Crippen LogP contribution in [0.1, 0.15) is 101 Å². The van der Waals surface area contributed by atoms with Gasteiger partial charge in [-0.15, -0.1) is 0 Å². The van der Waals surface area contributed by atoms with Crippen LogP contribution in [0.3, 0.4) is 0 Å². The molecule has 23 heteroatoms. The second-order valence-electron chi connectivity index (χ2n) is 21.3. The Balaban J connectivity index is 0.777. The molecule has 4 amide bonds. The van der Waals surface area contributed by atoms with Crippen molar-refractivity contribution in [1.82, 2.24) is 25.0 Å². The van der Waals surface area contributed by atoms with E-state index < -0.39 is 0 Å². The van der Waals surface area contributed by atoms with E-state index in [2.05, 4.69) is 46.4 Å². The molecule has 0 bridgehead atoms. The lowest BCUT2D eigenvalue weighted by atomic mass is 9.87. The summed E-state index contributed by atoms with van der Waals surface area (Å²) in [5.41, 5.74) is 6.30. The molecular formula is C66H97N7O16. The SMILES string of the molecule is CCN(CC)c1ccc(NC(=O)c2cccc(C(=O)N(C)CCN3CCCN(C(=O)OCCCCCOCCOCCOCCOCCOCCOCOOCCOCCOCCOC)CC3)c2)c(-c2cc(C(=O)NC3CCCc4ccccc43)ccn2)c1. The molecule has 1 fully saturated rings. The van der Waals surface area contributed by atoms with Crippen molar-refractivity contribution in [2.45, 2.75) is 64.8 Å². The maximum absolute atomic E-state index is 14.1. The number of pyridine rings is 1. The number of methoxy groups -OCH3 is 1. The minimum atomic E-state index is -0.386. The van der Waals surface area contributed by atoms with Crippen LogP contribution in [0.15, 0.2) is 85.1 Å². The molecule has 23 nitrogen and oxygen atoms in total. The Morgan fingerprint density at radius 3 is 1.94 bits per heavy atom. The molecule has 0 spiro atoms. The number of aryl methyl sites for hydroxylation is 1. The Labute approximate surface area is 526 Å². The zero-order valence-electron chi connectivity index (χ0n) is 53.0. The normalized spacial score (nSPS) is 14.2. The number of aromatic nitrogens is 1. The number of nitrogens with one attached hydrogen (secondary N) is 2. The molecule has 6 rings (SSSR count). The van der Waals surface area contributed by atoms with Gasteiger partial charge in [-0.3, -0.25) is 24.3 Å². The standard InChI is InChI=1S/C66H97N7O16/c1-5-72(6-2)57-21-22-61(59(51-57)62-50-55(23-24-67-62)64(75)68-60-20-13-16-53-15-8-9-19-58(53)60)69-63(74)54-17-12-18-56(49-54)65(76)70(3)27-28-71-25-14-26-73(30-29-71)66(77)87-32-11-7-10-31-79-35-36-81-38-39-82-40-41-83-42-43-84-45-46-86-52-89-88-48-47-85-44-37-80-34-33-78-4/h8-9,12,15,17-19,21-24,49-51,60H,5-7,10-11,13-14,16,20,25-48,52H2,1-4H3,(H,68,75)(H,69,74). The first-order valence-electron chi connectivity index (χ1n) is 31.6. The van der Waals surface area contributed by atoms with E-state index in [0.717, 1.165) is 75.8 Å². The molecule has 492 valence electrons. The van der Waals surface area contributed by atoms with Crippen molar-refractivity contribution in [2.75, 3.05) is 202 Å². The number of hydrogen-bond acceptors (Lipinski definition) is 19. The minimum absolute atomic E-state index is 0.0000174. The van der Waals surface area contributed by atoms with E-state index in [-0.39, 0.29) is 36.6 Å². The molecule has 1 saturated heterocycles. The van der Waals surface area contributed by atoms with E-state index in [1.165, 1.54) is 5.56 Å². The zero-order chi connectivity index (χ0) is 62.9. The van der Waals surface area contributed by atoms with E-state index in [9.17, 15) is 19.2 Å². The van der Waals surface area contributed by atoms with Crippen LogP contribution in [0.2, 0.25) is 0 Å². The molecule has 89 heavy (non-hydrogen) atoms. The summed E-state index contributed by atoms with van der Waals surface area (Å²) in [5, 5.41) is 6.35. The maximum Gasteiger partial charge on any atom is 0.409 e. The van der Waals surface area contributed by atoms with Crippen molar-refractivity contribution in [3.8, 4) is 11.3 Å². The van der Waals surface area contributed by atoms with Crippen molar-refractivity contribution in [3.05, 3.63) is 113 Å². The highest BCUT2D eigenvalue weighted by molar-refractivity contribution is 6.08. The summed E-state index contributed by atoms with van der Waals surface area (Å²) in [7, 11) is 3.39. The van der Waals surface area contributed by atoms with Gasteiger partial charge in [0.05, 0.1) is 123 Å². The van der Waals surface area contributed by atoms with Crippen molar-refractivity contribution < 1.29 is 76.3 Å². The Hall–Kier alpha value is -6.19. The fraction of sp³-hybridized carbons (Fsp3) is 0.591. The first-order valence-corrected chi connectivity index (χ1v) is 31.6. The summed E-state index contributed by atoms with van der Waals surface area (Å²) in [6.07, 6.45) is 7.46. The van der Waals surface area contributed by atoms with Gasteiger partial charge < -0.3 is 72.7 Å². The summed E-state index contributed by atoms with van der Waals surface area (Å²) in [6.45, 7) is 17.6. The molecule has 1 aromatic heterocycles. The highest BCUT2D eigenvalue weighted by Crippen LogP contribution is 2.34. The highest BCUT2D eigenvalue weighted by Gasteiger charge is 2.25. The minimum Gasteiger partial charge on any atom is -0.449 e. The number of carbonyl (C=O) groups excluding carboxylic acids is 4. The lowest BCUT2D eigenvalue weighted by Gasteiger charge is -2.26. The number of nitrogens with zero attached hydrogens (tertiary/aromatic N) is 5. The highest BCUT2D eigenvalue weighted by atomic mass is 17.2. The average Bonchev–Trinajstić information content (AvgIpc) is 1.77. The molecule has 0 radical (unpaired) electrons. The monoisotopic (exact) mass is 1240 g/mol. The van der Waals surface area contributed by atoms with E-state index in [0.29, 0.717) is 185 Å². The van der Waals surface area contributed by atoms with Crippen molar-refractivity contribution in [3.63, 3.8) is 0 Å². The number of ether oxygens (including phenoxy) is 10. The number of carbonyl (C=O) groups is 4. The van der Waals surface area contributed by atoms with Crippen LogP contribution in [0, 0.1) is 0 Å². The van der Waals surface area contributed by atoms with Gasteiger partial charge in [-0.25, -0.2) is 14.6 Å². The number of unbranched alkanes of at least 4 members (excludes halogenated alkanes) is 2. The van der Waals surface area contributed by atoms with Crippen LogP contribution >= 0.6 is 0 Å². The maximum atomic E-state index is 14.1. The number of fused-ring (bicyclic) bond motifs is 1. The molecule has 1 aliphatic heterocycles. The van der Waals surface area contributed by atoms with Crippen molar-refractivity contribution in [1.29, 1.82) is 0 Å². The average molecular weight is 1240 g/mol. The molecule has 2 aliphatic rings. The summed E-state index contributed by atoms with van der Waals surface area (Å²) in [5.74, 6) is -0.780. The predicted octanol–water partition coefficient (Wildman–Crippen LogP) is 7.73. The Morgan fingerprint density at radius 2 is 1.24 bits per heavy atom. The molecule has 1 unspecified atom stereocenters. The largest absolute Gasteiger partial charge is 0.449 e. The first-order chi connectivity index (χ1) is 43.7. The predicted molar refractivity (Wildman–Crippen MR) is 337 cm³/mol. The smallest absolute Gasteiger partial charge is 0.409 e. The number of anilines is 2. The summed E-state index contributed by atoms with van der Waals surface area (Å²) in [6, 6.07) is 24.2. The summed E-state index contributed by atoms with van der Waals surface area (Å²) < 4.78 is 54.3. The quantitative estimate of drug-likeness (QED) is 0.0187. The third-order valence-electron chi connectivity index (χ3n) is 15.0. The van der Waals surface area contributed by atoms with Crippen molar-refractivity contribution in [2.24, 2.45) is 0 Å². The topological polar surface area (TPSA) is 229 Å². The van der Waals surface area contributed by atoms with Gasteiger partial charge in [-0.2, -0.15) is 0 Å². The van der Waals surface area contributed by atoms with Gasteiger partial charge in [-0.1, -0.05) is 30.3 Å². The van der Waals surface area contributed by atoms with Gasteiger partial charge in [-0.05, 0) is 125 Å². The van der Waals surface area contributed by atoms with E-state index in [1.54, 1.807) is 66.6 Å². The number of amides is 4. The zero-order valence-corrected chi connectivity index (χ0v) is 53.0. The van der Waals surface area contributed by atoms with Gasteiger partial charge in [0, 0.05) is 101 Å². The van der Waals surface area contributed by atoms with Crippen LogP contribution in [0.4, 0.5) is 16.2 Å². The van der Waals surface area contributed by atoms with Crippen LogP contribution in [-0.4, -0.2) is 236 Å². The Kier molecular flexibility index (Phi) is 35.1. The van der Waals surface area contributed by atoms with E-state index in [4.69, 9.17) is 62.1 Å². The number of rotatable bonds is 45. The van der Waals surface area contributed by atoms with Gasteiger partial charge in [0.15, 0.2) is 6.79 Å². The van der Waals surface area contributed by atoms with E-state index in [1.807, 2.05) is 30.3 Å². The van der Waals surface area contributed by atoms with Crippen molar-refractivity contribution >= 4 is 35.2 Å². The van der Waals surface area contributed by atoms with E-state index >= 15 is 0 Å². The lowest BCUT2D eigenvalue weighted by Crippen LogP contribution is -2.39. The summed E-state index contributed by atoms with van der Waals surface area (Å²) in [4.78, 5) is 77.2. The second-order valence-corrected chi connectivity index (χ2v) is 21.3. The third-order valence-corrected chi connectivity index (χ3v) is 15.0. The Morgan fingerprint density at radius 1 is 0.596 bits per heavy atom. The fourth-order valence-corrected chi connectivity index (χ4v) is 10.1. The molecule has 2 heterocycles. The molecule has 3 aromatic carbocycles. The van der Waals surface area contributed by atoms with Gasteiger partial charge in [0.1, 0.15) is 6.61 Å². The van der Waals surface area contributed by atoms with Crippen LogP contribution in [0.5, 0.6) is 0 Å². The van der Waals surface area contributed by atoms with Crippen LogP contribution < -0.4 is 15.5 Å². The number of benzene rings is 3. The molecular weight excluding hydrogens is 1150 g/mol. The summed E-state index contributed by atoms with van der Waals surface area (Å²) >= 11 is 0.